The zero-order valence-electron chi connectivity index (χ0n) is 13.7. The van der Waals surface area contributed by atoms with E-state index in [1.54, 1.807) is 22.9 Å². The summed E-state index contributed by atoms with van der Waals surface area (Å²) in [6.07, 6.45) is 3.53. The molecule has 1 aliphatic heterocycles. The molecule has 25 heavy (non-hydrogen) atoms. The van der Waals surface area contributed by atoms with Crippen LogP contribution in [0.5, 0.6) is 5.88 Å². The maximum atomic E-state index is 13.3. The lowest BCUT2D eigenvalue weighted by atomic mass is 10.0. The molecule has 4 rings (SSSR count). The third kappa shape index (κ3) is 2.90. The van der Waals surface area contributed by atoms with Crippen LogP contribution in [0.3, 0.4) is 0 Å². The average Bonchev–Trinajstić information content (AvgIpc) is 3.01. The Bertz CT molecular complexity index is 936. The van der Waals surface area contributed by atoms with Crippen molar-refractivity contribution in [1.29, 1.82) is 0 Å². The third-order valence-corrected chi connectivity index (χ3v) is 4.93. The predicted molar refractivity (Wildman–Crippen MR) is 94.8 cm³/mol. The van der Waals surface area contributed by atoms with Gasteiger partial charge in [-0.2, -0.15) is 4.98 Å². The minimum absolute atomic E-state index is 0.261. The van der Waals surface area contributed by atoms with Crippen molar-refractivity contribution in [2.24, 2.45) is 0 Å². The normalized spacial score (nSPS) is 16.1. The number of aromatic nitrogens is 3. The molecule has 1 fully saturated rings. The van der Waals surface area contributed by atoms with Gasteiger partial charge in [-0.1, -0.05) is 0 Å². The first-order valence-corrected chi connectivity index (χ1v) is 8.92. The first-order valence-electron chi connectivity index (χ1n) is 7.70. The van der Waals surface area contributed by atoms with Crippen LogP contribution in [-0.4, -0.2) is 47.3 Å². The fourth-order valence-corrected chi connectivity index (χ4v) is 3.38. The second-order valence-electron chi connectivity index (χ2n) is 5.92. The van der Waals surface area contributed by atoms with E-state index in [0.717, 1.165) is 21.8 Å². The fraction of sp³-hybridized carbons (Fsp3) is 0.294. The van der Waals surface area contributed by atoms with Crippen LogP contribution < -0.4 is 9.64 Å². The van der Waals surface area contributed by atoms with Crippen molar-refractivity contribution in [1.82, 2.24) is 15.0 Å². The van der Waals surface area contributed by atoms with E-state index < -0.39 is 5.92 Å². The minimum atomic E-state index is -2.62. The van der Waals surface area contributed by atoms with Gasteiger partial charge in [0.2, 0.25) is 5.88 Å². The number of hydrogen-bond donors (Lipinski definition) is 1. The molecular weight excluding hydrogens is 346 g/mol. The van der Waals surface area contributed by atoms with Crippen LogP contribution >= 0.6 is 11.8 Å². The molecule has 3 heterocycles. The summed E-state index contributed by atoms with van der Waals surface area (Å²) in [5.74, 6) is -2.20. The van der Waals surface area contributed by atoms with E-state index in [4.69, 9.17) is 4.74 Å². The number of nitrogens with zero attached hydrogens (tertiary/aromatic N) is 3. The number of ether oxygens (including phenoxy) is 1. The lowest BCUT2D eigenvalue weighted by molar-refractivity contribution is -0.0262. The van der Waals surface area contributed by atoms with Crippen molar-refractivity contribution in [2.45, 2.75) is 10.8 Å². The van der Waals surface area contributed by atoms with Crippen LogP contribution in [0, 0.1) is 0 Å². The summed E-state index contributed by atoms with van der Waals surface area (Å²) in [6, 6.07) is 7.71. The number of thioether (sulfide) groups is 1. The summed E-state index contributed by atoms with van der Waals surface area (Å²) < 4.78 is 31.7. The number of benzene rings is 1. The highest BCUT2D eigenvalue weighted by Gasteiger charge is 2.44. The molecule has 1 aliphatic rings. The van der Waals surface area contributed by atoms with E-state index in [1.807, 2.05) is 30.5 Å². The SMILES string of the molecule is COc1cnc2cc(-c3cc(SC)ccc3N3CC(F)(F)C3)[nH]c2n1. The molecule has 1 N–H and O–H groups in total. The second kappa shape index (κ2) is 5.87. The fourth-order valence-electron chi connectivity index (χ4n) is 2.94. The molecular formula is C17H16F2N4OS. The molecule has 1 aromatic carbocycles. The Morgan fingerprint density at radius 1 is 1.28 bits per heavy atom. The summed E-state index contributed by atoms with van der Waals surface area (Å²) in [5, 5.41) is 0. The number of halogens is 2. The standard InChI is InChI=1S/C17H16F2N4OS/c1-24-15-7-20-13-6-12(21-16(13)22-15)11-5-10(25-2)3-4-14(11)23-8-17(18,19)9-23/h3-7H,8-9H2,1-2H3,(H,21,22). The van der Waals surface area contributed by atoms with Gasteiger partial charge in [-0.25, -0.2) is 13.8 Å². The van der Waals surface area contributed by atoms with Crippen molar-refractivity contribution >= 4 is 28.6 Å². The van der Waals surface area contributed by atoms with Gasteiger partial charge in [-0.15, -0.1) is 11.8 Å². The van der Waals surface area contributed by atoms with E-state index in [0.29, 0.717) is 17.0 Å². The van der Waals surface area contributed by atoms with E-state index in [1.165, 1.54) is 7.11 Å². The maximum absolute atomic E-state index is 13.3. The van der Waals surface area contributed by atoms with E-state index in [2.05, 4.69) is 15.0 Å². The van der Waals surface area contributed by atoms with Crippen LogP contribution in [-0.2, 0) is 0 Å². The smallest absolute Gasteiger partial charge is 0.282 e. The molecule has 0 saturated carbocycles. The van der Waals surface area contributed by atoms with Gasteiger partial charge in [0, 0.05) is 16.1 Å². The number of methoxy groups -OCH3 is 1. The zero-order chi connectivity index (χ0) is 17.6. The molecule has 0 bridgehead atoms. The van der Waals surface area contributed by atoms with E-state index >= 15 is 0 Å². The zero-order valence-corrected chi connectivity index (χ0v) is 14.5. The van der Waals surface area contributed by atoms with Gasteiger partial charge >= 0.3 is 0 Å². The first-order chi connectivity index (χ1) is 12.0. The molecule has 3 aromatic rings. The van der Waals surface area contributed by atoms with Crippen molar-refractivity contribution in [3.05, 3.63) is 30.5 Å². The molecule has 8 heteroatoms. The van der Waals surface area contributed by atoms with Gasteiger partial charge < -0.3 is 14.6 Å². The Kier molecular flexibility index (Phi) is 3.79. The number of H-pyrrole nitrogens is 1. The number of hydrogen-bond acceptors (Lipinski definition) is 5. The van der Waals surface area contributed by atoms with Crippen LogP contribution in [0.15, 0.2) is 35.4 Å². The lowest BCUT2D eigenvalue weighted by Crippen LogP contribution is -2.56. The highest BCUT2D eigenvalue weighted by Crippen LogP contribution is 2.40. The number of alkyl halides is 2. The van der Waals surface area contributed by atoms with Crippen LogP contribution in [0.25, 0.3) is 22.4 Å². The van der Waals surface area contributed by atoms with Crippen molar-refractivity contribution in [2.75, 3.05) is 31.4 Å². The van der Waals surface area contributed by atoms with Crippen LogP contribution in [0.2, 0.25) is 0 Å². The predicted octanol–water partition coefficient (Wildman–Crippen LogP) is 3.81. The summed E-state index contributed by atoms with van der Waals surface area (Å²) in [4.78, 5) is 14.6. The number of aromatic amines is 1. The van der Waals surface area contributed by atoms with E-state index in [-0.39, 0.29) is 13.1 Å². The summed E-state index contributed by atoms with van der Waals surface area (Å²) >= 11 is 1.60. The number of fused-ring (bicyclic) bond motifs is 1. The average molecular weight is 362 g/mol. The van der Waals surface area contributed by atoms with Gasteiger partial charge in [0.15, 0.2) is 5.65 Å². The number of rotatable bonds is 4. The molecule has 0 amide bonds. The summed E-state index contributed by atoms with van der Waals surface area (Å²) in [7, 11) is 1.53. The van der Waals surface area contributed by atoms with Crippen molar-refractivity contribution in [3.8, 4) is 17.1 Å². The molecule has 0 aliphatic carbocycles. The Morgan fingerprint density at radius 3 is 2.76 bits per heavy atom. The van der Waals surface area contributed by atoms with Gasteiger partial charge in [0.25, 0.3) is 5.92 Å². The Morgan fingerprint density at radius 2 is 2.08 bits per heavy atom. The Balaban J connectivity index is 1.80. The topological polar surface area (TPSA) is 54.0 Å². The van der Waals surface area contributed by atoms with Crippen LogP contribution in [0.1, 0.15) is 0 Å². The largest absolute Gasteiger partial charge is 0.480 e. The monoisotopic (exact) mass is 362 g/mol. The van der Waals surface area contributed by atoms with E-state index in [9.17, 15) is 8.78 Å². The Labute approximate surface area is 147 Å². The summed E-state index contributed by atoms with van der Waals surface area (Å²) in [6.45, 7) is -0.521. The quantitative estimate of drug-likeness (QED) is 0.715. The molecule has 0 unspecified atom stereocenters. The van der Waals surface area contributed by atoms with Gasteiger partial charge in [0.1, 0.15) is 5.52 Å². The van der Waals surface area contributed by atoms with Crippen molar-refractivity contribution in [3.63, 3.8) is 0 Å². The molecule has 0 radical (unpaired) electrons. The molecule has 0 spiro atoms. The van der Waals surface area contributed by atoms with Crippen molar-refractivity contribution < 1.29 is 13.5 Å². The van der Waals surface area contributed by atoms with Crippen LogP contribution in [0.4, 0.5) is 14.5 Å². The number of nitrogens with one attached hydrogen (secondary N) is 1. The first kappa shape index (κ1) is 16.1. The summed E-state index contributed by atoms with van der Waals surface area (Å²) in [5.41, 5.74) is 3.74. The highest BCUT2D eigenvalue weighted by atomic mass is 32.2. The van der Waals surface area contributed by atoms with Gasteiger partial charge in [-0.3, -0.25) is 0 Å². The third-order valence-electron chi connectivity index (χ3n) is 4.20. The minimum Gasteiger partial charge on any atom is -0.480 e. The maximum Gasteiger partial charge on any atom is 0.282 e. The Hall–Kier alpha value is -2.35. The molecule has 5 nitrogen and oxygen atoms in total. The lowest BCUT2D eigenvalue weighted by Gasteiger charge is -2.41. The molecule has 0 atom stereocenters. The van der Waals surface area contributed by atoms with Gasteiger partial charge in [0.05, 0.1) is 32.1 Å². The molecule has 1 saturated heterocycles. The number of anilines is 1. The second-order valence-corrected chi connectivity index (χ2v) is 6.80. The molecule has 2 aromatic heterocycles. The molecule has 130 valence electrons. The van der Waals surface area contributed by atoms with Gasteiger partial charge in [-0.05, 0) is 30.5 Å². The highest BCUT2D eigenvalue weighted by molar-refractivity contribution is 7.98.